The van der Waals surface area contributed by atoms with Crippen molar-refractivity contribution >= 4 is 86.2 Å². The zero-order valence-electron chi connectivity index (χ0n) is 53.8. The maximum atomic E-state index is 2.48. The monoisotopic (exact) mass is 1240 g/mol. The fourth-order valence-electron chi connectivity index (χ4n) is 16.3. The third-order valence-corrected chi connectivity index (χ3v) is 20.6. The maximum Gasteiger partial charge on any atom is -0.00201 e. The van der Waals surface area contributed by atoms with Crippen LogP contribution in [-0.4, -0.2) is 0 Å². The Bertz CT molecular complexity index is 5770. The molecule has 0 aliphatic heterocycles. The Morgan fingerprint density at radius 3 is 0.673 bits per heavy atom. The summed E-state index contributed by atoms with van der Waals surface area (Å²) in [7, 11) is 0. The van der Waals surface area contributed by atoms with E-state index in [4.69, 9.17) is 0 Å². The average molecular weight is 1240 g/mol. The fourth-order valence-corrected chi connectivity index (χ4v) is 16.3. The highest BCUT2D eigenvalue weighted by Gasteiger charge is 2.24. The van der Waals surface area contributed by atoms with Crippen molar-refractivity contribution in [3.63, 3.8) is 0 Å². The van der Waals surface area contributed by atoms with E-state index in [-0.39, 0.29) is 0 Å². The van der Waals surface area contributed by atoms with Gasteiger partial charge >= 0.3 is 0 Å². The SMILES string of the molecule is c1ccc(-c2cc(-c3c4ccccc4c(-c4cc(-c5ccccc5)cc(-c5ccc(-c6cccc7ccccc67)c6c(-c7cccc8ccccc78)cccc56)c4)c4ccccc34)cc(-c3ccc(-c4cccc5ccccc45)c4c(-c5cccc6ccccc56)cccc34)c2)cc1. The minimum absolute atomic E-state index is 1.16. The first kappa shape index (κ1) is 56.8. The number of hydrogen-bond donors (Lipinski definition) is 0. The van der Waals surface area contributed by atoms with Gasteiger partial charge in [0.05, 0.1) is 0 Å². The van der Waals surface area contributed by atoms with Crippen LogP contribution < -0.4 is 0 Å². The van der Waals surface area contributed by atoms with Gasteiger partial charge in [0.2, 0.25) is 0 Å². The molecule has 0 unspecified atom stereocenters. The summed E-state index contributed by atoms with van der Waals surface area (Å²) in [5, 5.41) is 19.5. The molecule has 454 valence electrons. The van der Waals surface area contributed by atoms with E-state index >= 15 is 0 Å². The van der Waals surface area contributed by atoms with Crippen LogP contribution in [-0.2, 0) is 0 Å². The first-order valence-corrected chi connectivity index (χ1v) is 34.0. The zero-order chi connectivity index (χ0) is 64.6. The van der Waals surface area contributed by atoms with E-state index in [0.717, 1.165) is 33.4 Å². The lowest BCUT2D eigenvalue weighted by Crippen LogP contribution is -1.95. The van der Waals surface area contributed by atoms with Crippen molar-refractivity contribution in [2.75, 3.05) is 0 Å². The second kappa shape index (κ2) is 23.6. The molecule has 0 aliphatic rings. The van der Waals surface area contributed by atoms with Crippen molar-refractivity contribution in [2.24, 2.45) is 0 Å². The minimum Gasteiger partial charge on any atom is -0.0622 e. The number of hydrogen-bond acceptors (Lipinski definition) is 0. The van der Waals surface area contributed by atoms with Crippen molar-refractivity contribution in [3.05, 3.63) is 376 Å². The normalized spacial score (nSPS) is 11.7. The summed E-state index contributed by atoms with van der Waals surface area (Å²) in [6.07, 6.45) is 0. The van der Waals surface area contributed by atoms with E-state index in [9.17, 15) is 0 Å². The van der Waals surface area contributed by atoms with Crippen molar-refractivity contribution in [2.45, 2.75) is 0 Å². The predicted octanol–water partition coefficient (Wildman–Crippen LogP) is 27.6. The lowest BCUT2D eigenvalue weighted by molar-refractivity contribution is 1.58. The minimum atomic E-state index is 1.16. The second-order valence-electron chi connectivity index (χ2n) is 26.1. The van der Waals surface area contributed by atoms with E-state index in [1.54, 1.807) is 0 Å². The predicted molar refractivity (Wildman–Crippen MR) is 421 cm³/mol. The Morgan fingerprint density at radius 1 is 0.112 bits per heavy atom. The largest absolute Gasteiger partial charge is 0.0622 e. The highest BCUT2D eigenvalue weighted by atomic mass is 14.3. The third kappa shape index (κ3) is 9.52. The van der Waals surface area contributed by atoms with Crippen LogP contribution in [0.1, 0.15) is 0 Å². The van der Waals surface area contributed by atoms with E-state index < -0.39 is 0 Å². The third-order valence-electron chi connectivity index (χ3n) is 20.6. The smallest absolute Gasteiger partial charge is 0.00201 e. The number of fused-ring (bicyclic) bond motifs is 8. The molecule has 0 nitrogen and oxygen atoms in total. The van der Waals surface area contributed by atoms with Gasteiger partial charge in [-0.3, -0.25) is 0 Å². The molecule has 0 atom stereocenters. The second-order valence-corrected chi connectivity index (χ2v) is 26.1. The quantitative estimate of drug-likeness (QED) is 0.120. The van der Waals surface area contributed by atoms with Gasteiger partial charge < -0.3 is 0 Å². The lowest BCUT2D eigenvalue weighted by Gasteiger charge is -2.22. The molecule has 0 heterocycles. The Labute approximate surface area is 569 Å². The molecule has 0 amide bonds. The molecule has 0 saturated carbocycles. The van der Waals surface area contributed by atoms with Gasteiger partial charge in [0.15, 0.2) is 0 Å². The molecule has 0 heteroatoms. The van der Waals surface area contributed by atoms with Gasteiger partial charge in [-0.05, 0) is 234 Å². The molecular weight excluding hydrogens is 1180 g/mol. The van der Waals surface area contributed by atoms with Crippen molar-refractivity contribution in [1.82, 2.24) is 0 Å². The average Bonchev–Trinajstić information content (AvgIpc) is 0.739. The molecule has 0 spiro atoms. The first-order valence-electron chi connectivity index (χ1n) is 34.0. The van der Waals surface area contributed by atoms with Crippen molar-refractivity contribution in [1.29, 1.82) is 0 Å². The van der Waals surface area contributed by atoms with E-state index in [0.29, 0.717) is 0 Å². The molecule has 0 N–H and O–H groups in total. The summed E-state index contributed by atoms with van der Waals surface area (Å²) >= 11 is 0. The van der Waals surface area contributed by atoms with Crippen molar-refractivity contribution < 1.29 is 0 Å². The molecule has 0 radical (unpaired) electrons. The van der Waals surface area contributed by atoms with E-state index in [1.807, 2.05) is 0 Å². The van der Waals surface area contributed by atoms with Gasteiger partial charge in [0.25, 0.3) is 0 Å². The summed E-state index contributed by atoms with van der Waals surface area (Å²) in [5.74, 6) is 0. The Kier molecular flexibility index (Phi) is 13.7. The zero-order valence-corrected chi connectivity index (χ0v) is 53.8. The number of benzene rings is 19. The van der Waals surface area contributed by atoms with Crippen LogP contribution in [0.25, 0.3) is 197 Å². The van der Waals surface area contributed by atoms with Gasteiger partial charge in [-0.2, -0.15) is 0 Å². The van der Waals surface area contributed by atoms with Crippen LogP contribution in [0.5, 0.6) is 0 Å². The van der Waals surface area contributed by atoms with E-state index in [2.05, 4.69) is 376 Å². The molecule has 19 aromatic rings. The topological polar surface area (TPSA) is 0 Å². The lowest BCUT2D eigenvalue weighted by atomic mass is 9.82. The summed E-state index contributed by atoms with van der Waals surface area (Å²) in [5.41, 5.74) is 23.8. The molecular formula is C98H62. The first-order chi connectivity index (χ1) is 48.6. The Morgan fingerprint density at radius 2 is 0.337 bits per heavy atom. The van der Waals surface area contributed by atoms with Gasteiger partial charge in [-0.25, -0.2) is 0 Å². The summed E-state index contributed by atoms with van der Waals surface area (Å²) < 4.78 is 0. The van der Waals surface area contributed by atoms with E-state index in [1.165, 1.54) is 164 Å². The van der Waals surface area contributed by atoms with Gasteiger partial charge in [-0.15, -0.1) is 0 Å². The van der Waals surface area contributed by atoms with Crippen molar-refractivity contribution in [3.8, 4) is 111 Å². The Hall–Kier alpha value is -12.7. The van der Waals surface area contributed by atoms with Crippen LogP contribution in [0, 0.1) is 0 Å². The molecule has 98 heavy (non-hydrogen) atoms. The Balaban J connectivity index is 0.852. The molecule has 0 aromatic heterocycles. The van der Waals surface area contributed by atoms with Gasteiger partial charge in [0.1, 0.15) is 0 Å². The summed E-state index contributed by atoms with van der Waals surface area (Å²) in [4.78, 5) is 0. The van der Waals surface area contributed by atoms with Crippen LogP contribution in [0.15, 0.2) is 376 Å². The molecule has 0 saturated heterocycles. The molecule has 19 aromatic carbocycles. The van der Waals surface area contributed by atoms with Crippen LogP contribution >= 0.6 is 0 Å². The molecule has 0 fully saturated rings. The molecule has 0 aliphatic carbocycles. The summed E-state index contributed by atoms with van der Waals surface area (Å²) in [6, 6.07) is 141. The fraction of sp³-hybridized carbons (Fsp3) is 0. The molecule has 0 bridgehead atoms. The summed E-state index contributed by atoms with van der Waals surface area (Å²) in [6.45, 7) is 0. The highest BCUT2D eigenvalue weighted by Crippen LogP contribution is 2.51. The van der Waals surface area contributed by atoms with Gasteiger partial charge in [0, 0.05) is 0 Å². The highest BCUT2D eigenvalue weighted by molar-refractivity contribution is 6.24. The van der Waals surface area contributed by atoms with Gasteiger partial charge in [-0.1, -0.05) is 340 Å². The standard InChI is InChI=1S/C98H62/c1-3-25-63(26-4-1)69-57-71(79-53-55-93(83-47-21-35-67-31-9-13-39-77(67)83)97-85(79)49-23-51-87(97)81-45-19-33-65-29-7-11-37-75(65)81)61-73(59-69)95-89-41-15-17-43-91(89)96(92-44-18-16-42-90(92)95)74-60-70(64-27-5-2-6-28-64)58-72(62-74)80-54-56-94(84-48-22-36-68-32-10-14-40-78(68)84)98-86(80)50-24-52-88(98)82-46-20-34-66-30-8-12-38-76(66)82/h1-62H. The number of rotatable bonds is 10. The maximum absolute atomic E-state index is 2.48. The van der Waals surface area contributed by atoms with Crippen LogP contribution in [0.2, 0.25) is 0 Å². The van der Waals surface area contributed by atoms with Crippen LogP contribution in [0.3, 0.4) is 0 Å². The molecule has 19 rings (SSSR count). The van der Waals surface area contributed by atoms with Crippen LogP contribution in [0.4, 0.5) is 0 Å².